The van der Waals surface area contributed by atoms with Crippen molar-refractivity contribution in [3.63, 3.8) is 0 Å². The zero-order valence-corrected chi connectivity index (χ0v) is 14.6. The molecule has 0 amide bonds. The van der Waals surface area contributed by atoms with E-state index in [4.69, 9.17) is 9.47 Å². The average molecular weight is 345 g/mol. The summed E-state index contributed by atoms with van der Waals surface area (Å²) in [6.07, 6.45) is 5.09. The average Bonchev–Trinajstić information content (AvgIpc) is 3.04. The van der Waals surface area contributed by atoms with Gasteiger partial charge in [0.2, 0.25) is 10.0 Å². The van der Waals surface area contributed by atoms with E-state index in [0.29, 0.717) is 23.3 Å². The Morgan fingerprint density at radius 3 is 2.59 bits per heavy atom. The smallest absolute Gasteiger partial charge is 0.244 e. The number of nitrogens with one attached hydrogen (secondary N) is 1. The molecule has 1 fully saturated rings. The number of hydrogen-bond donors (Lipinski definition) is 1. The van der Waals surface area contributed by atoms with Crippen LogP contribution in [-0.4, -0.2) is 40.2 Å². The van der Waals surface area contributed by atoms with E-state index in [1.807, 2.05) is 11.8 Å². The van der Waals surface area contributed by atoms with Crippen LogP contribution in [0.5, 0.6) is 11.5 Å². The molecule has 1 saturated carbocycles. The molecule has 0 radical (unpaired) electrons. The second-order valence-electron chi connectivity index (χ2n) is 5.19. The molecule has 5 nitrogen and oxygen atoms in total. The van der Waals surface area contributed by atoms with E-state index in [1.165, 1.54) is 46.0 Å². The van der Waals surface area contributed by atoms with Gasteiger partial charge < -0.3 is 9.47 Å². The monoisotopic (exact) mass is 345 g/mol. The summed E-state index contributed by atoms with van der Waals surface area (Å²) < 4.78 is 37.7. The Labute approximate surface area is 136 Å². The molecule has 22 heavy (non-hydrogen) atoms. The maximum absolute atomic E-state index is 12.4. The Hall–Kier alpha value is -0.920. The van der Waals surface area contributed by atoms with Crippen LogP contribution in [-0.2, 0) is 10.0 Å². The van der Waals surface area contributed by atoms with Crippen LogP contribution >= 0.6 is 11.8 Å². The molecule has 124 valence electrons. The van der Waals surface area contributed by atoms with Crippen molar-refractivity contribution in [1.29, 1.82) is 0 Å². The van der Waals surface area contributed by atoms with Gasteiger partial charge in [-0.2, -0.15) is 11.8 Å². The summed E-state index contributed by atoms with van der Waals surface area (Å²) in [5.41, 5.74) is 0. The predicted octanol–water partition coefficient (Wildman–Crippen LogP) is 2.66. The Morgan fingerprint density at radius 2 is 1.95 bits per heavy atom. The summed E-state index contributed by atoms with van der Waals surface area (Å²) >= 11 is 1.85. The maximum atomic E-state index is 12.4. The first-order valence-corrected chi connectivity index (χ1v) is 9.93. The van der Waals surface area contributed by atoms with Crippen molar-refractivity contribution >= 4 is 21.8 Å². The van der Waals surface area contributed by atoms with Gasteiger partial charge in [-0.3, -0.25) is 0 Å². The van der Waals surface area contributed by atoms with Gasteiger partial charge in [-0.25, -0.2) is 13.1 Å². The van der Waals surface area contributed by atoms with Crippen LogP contribution < -0.4 is 14.2 Å². The van der Waals surface area contributed by atoms with Crippen LogP contribution in [0.4, 0.5) is 0 Å². The molecule has 1 aliphatic rings. The van der Waals surface area contributed by atoms with Gasteiger partial charge in [-0.15, -0.1) is 0 Å². The van der Waals surface area contributed by atoms with Crippen LogP contribution in [0, 0.1) is 0 Å². The summed E-state index contributed by atoms with van der Waals surface area (Å²) in [6.45, 7) is 0.421. The summed E-state index contributed by atoms with van der Waals surface area (Å²) in [6, 6.07) is 4.75. The highest BCUT2D eigenvalue weighted by Gasteiger charge is 2.21. The minimum Gasteiger partial charge on any atom is -0.497 e. The molecule has 1 aromatic carbocycles. The van der Waals surface area contributed by atoms with Crippen molar-refractivity contribution in [3.8, 4) is 11.5 Å². The zero-order valence-electron chi connectivity index (χ0n) is 13.0. The third-order valence-corrected chi connectivity index (χ3v) is 6.58. The van der Waals surface area contributed by atoms with Crippen LogP contribution in [0.15, 0.2) is 23.1 Å². The van der Waals surface area contributed by atoms with Crippen molar-refractivity contribution in [2.24, 2.45) is 0 Å². The molecular weight excluding hydrogens is 322 g/mol. The highest BCUT2D eigenvalue weighted by molar-refractivity contribution is 8.00. The number of ether oxygens (including phenoxy) is 2. The Bertz CT molecular complexity index is 583. The number of rotatable bonds is 8. The largest absolute Gasteiger partial charge is 0.497 e. The Kier molecular flexibility index (Phi) is 6.40. The number of sulfonamides is 1. The van der Waals surface area contributed by atoms with Crippen LogP contribution in [0.25, 0.3) is 0 Å². The third-order valence-electron chi connectivity index (χ3n) is 3.71. The maximum Gasteiger partial charge on any atom is 0.244 e. The summed E-state index contributed by atoms with van der Waals surface area (Å²) in [7, 11) is -0.641. The lowest BCUT2D eigenvalue weighted by Crippen LogP contribution is -2.27. The van der Waals surface area contributed by atoms with E-state index in [1.54, 1.807) is 12.1 Å². The van der Waals surface area contributed by atoms with E-state index in [-0.39, 0.29) is 4.90 Å². The van der Waals surface area contributed by atoms with Gasteiger partial charge in [0, 0.05) is 23.6 Å². The minimum absolute atomic E-state index is 0.111. The van der Waals surface area contributed by atoms with Crippen molar-refractivity contribution in [1.82, 2.24) is 4.72 Å². The first-order chi connectivity index (χ1) is 10.6. The first-order valence-electron chi connectivity index (χ1n) is 7.40. The number of benzene rings is 1. The van der Waals surface area contributed by atoms with Gasteiger partial charge in [-0.05, 0) is 25.0 Å². The van der Waals surface area contributed by atoms with Crippen LogP contribution in [0.2, 0.25) is 0 Å². The molecule has 0 heterocycles. The van der Waals surface area contributed by atoms with Crippen molar-refractivity contribution < 1.29 is 17.9 Å². The Morgan fingerprint density at radius 1 is 1.23 bits per heavy atom. The Balaban J connectivity index is 1.96. The SMILES string of the molecule is COc1ccc(OC)c(S(=O)(=O)NCCSC2CCCC2)c1. The topological polar surface area (TPSA) is 64.6 Å². The highest BCUT2D eigenvalue weighted by atomic mass is 32.2. The molecule has 1 aromatic rings. The van der Waals surface area contributed by atoms with Crippen LogP contribution in [0.1, 0.15) is 25.7 Å². The van der Waals surface area contributed by atoms with Gasteiger partial charge in [0.15, 0.2) is 0 Å². The molecule has 0 aliphatic heterocycles. The fraction of sp³-hybridized carbons (Fsp3) is 0.600. The molecule has 0 aromatic heterocycles. The lowest BCUT2D eigenvalue weighted by molar-refractivity contribution is 0.392. The quantitative estimate of drug-likeness (QED) is 0.734. The zero-order chi connectivity index (χ0) is 16.0. The fourth-order valence-electron chi connectivity index (χ4n) is 2.53. The van der Waals surface area contributed by atoms with Crippen molar-refractivity contribution in [2.45, 2.75) is 35.8 Å². The van der Waals surface area contributed by atoms with Crippen LogP contribution in [0.3, 0.4) is 0 Å². The van der Waals surface area contributed by atoms with Gasteiger partial charge >= 0.3 is 0 Å². The fourth-order valence-corrected chi connectivity index (χ4v) is 5.09. The molecule has 1 N–H and O–H groups in total. The normalized spacial score (nSPS) is 15.9. The summed E-state index contributed by atoms with van der Waals surface area (Å²) in [4.78, 5) is 0.111. The lowest BCUT2D eigenvalue weighted by atomic mass is 10.3. The van der Waals surface area contributed by atoms with E-state index in [9.17, 15) is 8.42 Å². The van der Waals surface area contributed by atoms with Gasteiger partial charge in [0.05, 0.1) is 14.2 Å². The molecule has 0 bridgehead atoms. The van der Waals surface area contributed by atoms with Gasteiger partial charge in [0.25, 0.3) is 0 Å². The summed E-state index contributed by atoms with van der Waals surface area (Å²) in [5, 5.41) is 0.691. The molecule has 0 unspecified atom stereocenters. The van der Waals surface area contributed by atoms with Crippen molar-refractivity contribution in [2.75, 3.05) is 26.5 Å². The first kappa shape index (κ1) is 17.4. The molecule has 1 aliphatic carbocycles. The standard InChI is InChI=1S/C15H23NO4S2/c1-19-12-7-8-14(20-2)15(11-12)22(17,18)16-9-10-21-13-5-3-4-6-13/h7-8,11,13,16H,3-6,9-10H2,1-2H3. The number of hydrogen-bond acceptors (Lipinski definition) is 5. The van der Waals surface area contributed by atoms with Gasteiger partial charge in [0.1, 0.15) is 16.4 Å². The lowest BCUT2D eigenvalue weighted by Gasteiger charge is -2.13. The molecule has 0 spiro atoms. The second kappa shape index (κ2) is 8.08. The van der Waals surface area contributed by atoms with E-state index >= 15 is 0 Å². The molecule has 7 heteroatoms. The molecule has 0 atom stereocenters. The third kappa shape index (κ3) is 4.54. The van der Waals surface area contributed by atoms with E-state index < -0.39 is 10.0 Å². The predicted molar refractivity (Wildman–Crippen MR) is 89.4 cm³/mol. The van der Waals surface area contributed by atoms with Gasteiger partial charge in [-0.1, -0.05) is 12.8 Å². The highest BCUT2D eigenvalue weighted by Crippen LogP contribution is 2.30. The molecule has 2 rings (SSSR count). The van der Waals surface area contributed by atoms with Crippen molar-refractivity contribution in [3.05, 3.63) is 18.2 Å². The number of thioether (sulfide) groups is 1. The molecule has 0 saturated heterocycles. The minimum atomic E-state index is -3.60. The van der Waals surface area contributed by atoms with E-state index in [0.717, 1.165) is 5.75 Å². The summed E-state index contributed by atoms with van der Waals surface area (Å²) in [5.74, 6) is 1.59. The molecular formula is C15H23NO4S2. The van der Waals surface area contributed by atoms with E-state index in [2.05, 4.69) is 4.72 Å². The number of methoxy groups -OCH3 is 2. The second-order valence-corrected chi connectivity index (χ2v) is 8.34.